The molecule has 0 aromatic heterocycles. The molecule has 1 aliphatic carbocycles. The summed E-state index contributed by atoms with van der Waals surface area (Å²) in [5.74, 6) is 0. The molecule has 3 rings (SSSR count). The molecule has 3 aliphatic rings. The summed E-state index contributed by atoms with van der Waals surface area (Å²) in [5, 5.41) is 3.75. The van der Waals surface area contributed by atoms with E-state index in [1.807, 2.05) is 0 Å². The second kappa shape index (κ2) is 5.94. The van der Waals surface area contributed by atoms with Crippen LogP contribution in [0.5, 0.6) is 0 Å². The maximum atomic E-state index is 5.76. The van der Waals surface area contributed by atoms with Crippen molar-refractivity contribution in [2.24, 2.45) is 10.8 Å². The Hall–Kier alpha value is -0.120. The van der Waals surface area contributed by atoms with Crippen LogP contribution in [0.1, 0.15) is 52.4 Å². The standard InChI is InChI=1S/C17H32N2O/c1-16(2)6-3-9-19(10-7-16)13-17(8-11-20-14-17)12-18-15-4-5-15/h15,18H,3-14H2,1-2H3. The Morgan fingerprint density at radius 3 is 2.70 bits per heavy atom. The van der Waals surface area contributed by atoms with Gasteiger partial charge in [-0.2, -0.15) is 0 Å². The first-order valence-electron chi connectivity index (χ1n) is 8.61. The van der Waals surface area contributed by atoms with Gasteiger partial charge in [0.1, 0.15) is 0 Å². The Labute approximate surface area is 124 Å². The Morgan fingerprint density at radius 2 is 2.00 bits per heavy atom. The average molecular weight is 280 g/mol. The number of hydrogen-bond acceptors (Lipinski definition) is 3. The zero-order valence-electron chi connectivity index (χ0n) is 13.4. The molecule has 20 heavy (non-hydrogen) atoms. The third-order valence-electron chi connectivity index (χ3n) is 5.52. The Bertz CT molecular complexity index is 319. The van der Waals surface area contributed by atoms with E-state index in [1.165, 1.54) is 58.2 Å². The number of hydrogen-bond donors (Lipinski definition) is 1. The van der Waals surface area contributed by atoms with E-state index in [2.05, 4.69) is 24.1 Å². The van der Waals surface area contributed by atoms with Crippen molar-refractivity contribution >= 4 is 0 Å². The number of nitrogens with zero attached hydrogens (tertiary/aromatic N) is 1. The lowest BCUT2D eigenvalue weighted by molar-refractivity contribution is 0.108. The van der Waals surface area contributed by atoms with Crippen LogP contribution >= 0.6 is 0 Å². The topological polar surface area (TPSA) is 24.5 Å². The lowest BCUT2D eigenvalue weighted by Gasteiger charge is -2.34. The summed E-state index contributed by atoms with van der Waals surface area (Å²) in [6.07, 6.45) is 8.10. The van der Waals surface area contributed by atoms with Gasteiger partial charge in [0.25, 0.3) is 0 Å². The first-order chi connectivity index (χ1) is 9.57. The first kappa shape index (κ1) is 14.8. The third-order valence-corrected chi connectivity index (χ3v) is 5.52. The van der Waals surface area contributed by atoms with Crippen LogP contribution in [0, 0.1) is 10.8 Å². The van der Waals surface area contributed by atoms with Gasteiger partial charge < -0.3 is 15.0 Å². The Balaban J connectivity index is 1.55. The number of nitrogens with one attached hydrogen (secondary N) is 1. The van der Waals surface area contributed by atoms with Crippen LogP contribution in [0.4, 0.5) is 0 Å². The molecular formula is C17H32N2O. The summed E-state index contributed by atoms with van der Waals surface area (Å²) in [5.41, 5.74) is 0.928. The van der Waals surface area contributed by atoms with Crippen molar-refractivity contribution in [1.29, 1.82) is 0 Å². The molecule has 0 bridgehead atoms. The van der Waals surface area contributed by atoms with Crippen LogP contribution in [-0.2, 0) is 4.74 Å². The van der Waals surface area contributed by atoms with Gasteiger partial charge in [0.05, 0.1) is 6.61 Å². The van der Waals surface area contributed by atoms with E-state index in [0.29, 0.717) is 10.8 Å². The predicted octanol–water partition coefficient (Wildman–Crippen LogP) is 2.66. The van der Waals surface area contributed by atoms with E-state index >= 15 is 0 Å². The fourth-order valence-electron chi connectivity index (χ4n) is 3.73. The van der Waals surface area contributed by atoms with Crippen molar-refractivity contribution in [1.82, 2.24) is 10.2 Å². The number of likely N-dealkylation sites (tertiary alicyclic amines) is 1. The monoisotopic (exact) mass is 280 g/mol. The minimum atomic E-state index is 0.386. The predicted molar refractivity (Wildman–Crippen MR) is 83.0 cm³/mol. The van der Waals surface area contributed by atoms with Crippen molar-refractivity contribution < 1.29 is 4.74 Å². The van der Waals surface area contributed by atoms with Crippen LogP contribution in [-0.4, -0.2) is 50.3 Å². The molecule has 1 atom stereocenters. The van der Waals surface area contributed by atoms with Crippen LogP contribution in [0.15, 0.2) is 0 Å². The Morgan fingerprint density at radius 1 is 1.15 bits per heavy atom. The SMILES string of the molecule is CC1(C)CCCN(CC2(CNC3CC3)CCOC2)CC1. The van der Waals surface area contributed by atoms with E-state index in [1.54, 1.807) is 0 Å². The highest BCUT2D eigenvalue weighted by atomic mass is 16.5. The molecule has 0 aromatic carbocycles. The van der Waals surface area contributed by atoms with Gasteiger partial charge >= 0.3 is 0 Å². The minimum Gasteiger partial charge on any atom is -0.381 e. The zero-order valence-corrected chi connectivity index (χ0v) is 13.4. The van der Waals surface area contributed by atoms with E-state index < -0.39 is 0 Å². The maximum absolute atomic E-state index is 5.76. The largest absolute Gasteiger partial charge is 0.381 e. The fraction of sp³-hybridized carbons (Fsp3) is 1.00. The van der Waals surface area contributed by atoms with Gasteiger partial charge in [-0.15, -0.1) is 0 Å². The summed E-state index contributed by atoms with van der Waals surface area (Å²) in [6, 6.07) is 0.815. The number of ether oxygens (including phenoxy) is 1. The van der Waals surface area contributed by atoms with Gasteiger partial charge in [-0.1, -0.05) is 13.8 Å². The molecular weight excluding hydrogens is 248 g/mol. The van der Waals surface area contributed by atoms with Crippen LogP contribution in [0.2, 0.25) is 0 Å². The zero-order chi connectivity index (χ0) is 14.1. The Kier molecular flexibility index (Phi) is 4.40. The average Bonchev–Trinajstić information content (AvgIpc) is 3.15. The molecule has 3 fully saturated rings. The second-order valence-corrected chi connectivity index (χ2v) is 8.25. The minimum absolute atomic E-state index is 0.386. The van der Waals surface area contributed by atoms with E-state index in [4.69, 9.17) is 4.74 Å². The van der Waals surface area contributed by atoms with Gasteiger partial charge in [0.2, 0.25) is 0 Å². The van der Waals surface area contributed by atoms with Gasteiger partial charge in [0, 0.05) is 31.2 Å². The molecule has 116 valence electrons. The quantitative estimate of drug-likeness (QED) is 0.838. The smallest absolute Gasteiger partial charge is 0.0547 e. The summed E-state index contributed by atoms with van der Waals surface area (Å²) >= 11 is 0. The van der Waals surface area contributed by atoms with E-state index in [-0.39, 0.29) is 0 Å². The molecule has 3 nitrogen and oxygen atoms in total. The molecule has 0 spiro atoms. The molecule has 0 amide bonds. The normalized spacial score (nSPS) is 35.1. The summed E-state index contributed by atoms with van der Waals surface area (Å²) in [4.78, 5) is 2.72. The first-order valence-corrected chi connectivity index (χ1v) is 8.61. The third kappa shape index (κ3) is 3.96. The van der Waals surface area contributed by atoms with Crippen LogP contribution < -0.4 is 5.32 Å². The molecule has 1 N–H and O–H groups in total. The maximum Gasteiger partial charge on any atom is 0.0547 e. The molecule has 2 aliphatic heterocycles. The van der Waals surface area contributed by atoms with Crippen molar-refractivity contribution in [2.75, 3.05) is 39.4 Å². The van der Waals surface area contributed by atoms with E-state index in [9.17, 15) is 0 Å². The van der Waals surface area contributed by atoms with Gasteiger partial charge in [0.15, 0.2) is 0 Å². The van der Waals surface area contributed by atoms with Gasteiger partial charge in [-0.25, -0.2) is 0 Å². The number of rotatable bonds is 5. The van der Waals surface area contributed by atoms with Gasteiger partial charge in [-0.3, -0.25) is 0 Å². The van der Waals surface area contributed by atoms with Gasteiger partial charge in [-0.05, 0) is 57.0 Å². The molecule has 2 saturated heterocycles. The molecule has 0 radical (unpaired) electrons. The molecule has 1 unspecified atom stereocenters. The highest BCUT2D eigenvalue weighted by molar-refractivity contribution is 4.92. The summed E-state index contributed by atoms with van der Waals surface area (Å²) in [7, 11) is 0. The van der Waals surface area contributed by atoms with Crippen LogP contribution in [0.25, 0.3) is 0 Å². The fourth-order valence-corrected chi connectivity index (χ4v) is 3.73. The molecule has 0 aromatic rings. The lowest BCUT2D eigenvalue weighted by Crippen LogP contribution is -2.45. The summed E-state index contributed by atoms with van der Waals surface area (Å²) in [6.45, 7) is 11.8. The van der Waals surface area contributed by atoms with Crippen LogP contribution in [0.3, 0.4) is 0 Å². The highest BCUT2D eigenvalue weighted by Crippen LogP contribution is 2.34. The van der Waals surface area contributed by atoms with Crippen molar-refractivity contribution in [2.45, 2.75) is 58.4 Å². The van der Waals surface area contributed by atoms with Crippen molar-refractivity contribution in [3.05, 3.63) is 0 Å². The lowest BCUT2D eigenvalue weighted by atomic mass is 9.85. The molecule has 2 heterocycles. The highest BCUT2D eigenvalue weighted by Gasteiger charge is 2.38. The van der Waals surface area contributed by atoms with Crippen molar-refractivity contribution in [3.63, 3.8) is 0 Å². The second-order valence-electron chi connectivity index (χ2n) is 8.25. The molecule has 1 saturated carbocycles. The van der Waals surface area contributed by atoms with E-state index in [0.717, 1.165) is 25.8 Å². The van der Waals surface area contributed by atoms with Crippen molar-refractivity contribution in [3.8, 4) is 0 Å². The summed E-state index contributed by atoms with van der Waals surface area (Å²) < 4.78 is 5.76. The molecule has 3 heteroatoms.